The normalized spacial score (nSPS) is 8.75. The topological polar surface area (TPSA) is 66.8 Å². The van der Waals surface area contributed by atoms with Gasteiger partial charge >= 0.3 is 60.9 Å². The maximum absolute atomic E-state index is 9.51. The van der Waals surface area contributed by atoms with E-state index < -0.39 is 7.82 Å². The van der Waals surface area contributed by atoms with Crippen molar-refractivity contribution < 1.29 is 38.2 Å². The maximum atomic E-state index is 9.51. The van der Waals surface area contributed by atoms with Crippen molar-refractivity contribution in [2.75, 3.05) is 0 Å². The molecule has 0 saturated heterocycles. The molecule has 0 saturated carbocycles. The molecule has 0 fully saturated rings. The van der Waals surface area contributed by atoms with Crippen LogP contribution < -0.4 is 18.9 Å². The molecule has 4 nitrogen and oxygen atoms in total. The van der Waals surface area contributed by atoms with Gasteiger partial charge in [0, 0.05) is 0 Å². The molecule has 8 heavy (non-hydrogen) atoms. The summed E-state index contributed by atoms with van der Waals surface area (Å²) in [5.41, 5.74) is 0. The van der Waals surface area contributed by atoms with Crippen molar-refractivity contribution in [2.24, 2.45) is 0 Å². The second-order valence-corrected chi connectivity index (χ2v) is 3.11. The summed E-state index contributed by atoms with van der Waals surface area (Å²) in [5.74, 6) is 0. The predicted molar refractivity (Wildman–Crippen MR) is 34.1 cm³/mol. The third kappa shape index (κ3) is 15.7. The van der Waals surface area contributed by atoms with Crippen LogP contribution in [0.1, 0.15) is 1.43 Å². The largest absolute Gasteiger partial charge is 1.00 e. The summed E-state index contributed by atoms with van der Waals surface area (Å²) in [5, 5.41) is 0. The van der Waals surface area contributed by atoms with Crippen LogP contribution in [0, 0.1) is 0 Å². The van der Waals surface area contributed by atoms with E-state index in [1.165, 1.54) is 0 Å². The Hall–Kier alpha value is 1.78. The molecule has 0 amide bonds. The molecule has 0 aliphatic rings. The summed E-state index contributed by atoms with van der Waals surface area (Å²) in [6, 6.07) is 0. The number of rotatable bonds is 1. The average molecular weight is 211 g/mol. The van der Waals surface area contributed by atoms with Crippen LogP contribution >= 0.6 is 7.82 Å². The van der Waals surface area contributed by atoms with Crippen LogP contribution in [0.25, 0.3) is 0 Å². The molecule has 0 bridgehead atoms. The Kier molecular flexibility index (Phi) is 14.1. The molecule has 0 aliphatic heterocycles. The van der Waals surface area contributed by atoms with Crippen molar-refractivity contribution in [3.63, 3.8) is 0 Å². The van der Waals surface area contributed by atoms with E-state index in [1.54, 1.807) is 0 Å². The van der Waals surface area contributed by atoms with Gasteiger partial charge in [0.2, 0.25) is 0 Å². The molecule has 0 aromatic heterocycles. The van der Waals surface area contributed by atoms with Gasteiger partial charge in [-0.05, 0) is 0 Å². The summed E-state index contributed by atoms with van der Waals surface area (Å²) in [4.78, 5) is 15.5. The second kappa shape index (κ2) is 6.90. The van der Waals surface area contributed by atoms with Crippen molar-refractivity contribution in [3.8, 4) is 0 Å². The van der Waals surface area contributed by atoms with Crippen LogP contribution in [0.2, 0.25) is 0 Å². The van der Waals surface area contributed by atoms with E-state index in [1.807, 2.05) is 0 Å². The van der Waals surface area contributed by atoms with E-state index in [9.17, 15) is 4.57 Å². The standard InChI is InChI=1S/Al.GeH4.Li.H3O4P.3H/c;;;1-5(2,3)4;;;/h;1H4;;(H3,1,2,3,4);;;/q+1;;+1;;;;-1/p-1. The third-order valence-electron chi connectivity index (χ3n) is 0.238. The Balaban J connectivity index is -0.0000000417. The van der Waals surface area contributed by atoms with Gasteiger partial charge in [0.25, 0.3) is 0 Å². The molecule has 0 aromatic rings. The quantitative estimate of drug-likeness (QED) is 0.335. The van der Waals surface area contributed by atoms with Crippen molar-refractivity contribution in [1.29, 1.82) is 0 Å². The molecule has 0 heterocycles. The van der Waals surface area contributed by atoms with Gasteiger partial charge < -0.3 is 14.8 Å². The van der Waals surface area contributed by atoms with Gasteiger partial charge in [0.15, 0.2) is 0 Å². The zero-order valence-corrected chi connectivity index (χ0v) is 7.05. The molecule has 0 spiro atoms. The summed E-state index contributed by atoms with van der Waals surface area (Å²) in [7, 11) is -4.08. The Bertz CT molecular complexity index is 84.6. The first-order valence-corrected chi connectivity index (χ1v) is 3.52. The van der Waals surface area contributed by atoms with Gasteiger partial charge in [-0.1, -0.05) is 0 Å². The average Bonchev–Trinajstić information content (AvgIpc) is 1.35. The first-order valence-electron chi connectivity index (χ1n) is 1.17. The summed E-state index contributed by atoms with van der Waals surface area (Å²) < 4.78 is 13.2. The summed E-state index contributed by atoms with van der Waals surface area (Å²) >= 11 is 0.0849. The monoisotopic (exact) mass is 212 g/mol. The molecule has 8 heteroatoms. The van der Waals surface area contributed by atoms with Gasteiger partial charge in [-0.3, -0.25) is 0 Å². The first-order chi connectivity index (χ1) is 2.56. The fourth-order valence-electron chi connectivity index (χ4n) is 0. The molecule has 2 N–H and O–H groups in total. The van der Waals surface area contributed by atoms with E-state index in [2.05, 4.69) is 3.58 Å². The smallest absolute Gasteiger partial charge is 1.00 e. The molecule has 0 aromatic carbocycles. The molecule has 0 radical (unpaired) electrons. The fourth-order valence-corrected chi connectivity index (χ4v) is 0. The molecule has 0 aliphatic carbocycles. The van der Waals surface area contributed by atoms with Crippen LogP contribution in [0.3, 0.4) is 0 Å². The zero-order valence-electron chi connectivity index (χ0n) is 5.16. The van der Waals surface area contributed by atoms with Gasteiger partial charge in [0.05, 0.1) is 0 Å². The Morgan fingerprint density at radius 2 is 1.75 bits per heavy atom. The van der Waals surface area contributed by atoms with Crippen LogP contribution in [0.5, 0.6) is 0 Å². The maximum Gasteiger partial charge on any atom is 1.00 e. The number of hydrogen-bond acceptors (Lipinski definition) is 2. The SMILES string of the molecule is O=P(O)(O)[O][AlH2].[GeH4].[H-].[Li+]. The van der Waals surface area contributed by atoms with Crippen LogP contribution in [0.4, 0.5) is 0 Å². The minimum absolute atomic E-state index is 0. The van der Waals surface area contributed by atoms with E-state index in [0.29, 0.717) is 0 Å². The minimum Gasteiger partial charge on any atom is -1.00 e. The number of phosphoric acid groups is 1. The summed E-state index contributed by atoms with van der Waals surface area (Å²) in [6.07, 6.45) is 0. The van der Waals surface area contributed by atoms with Crippen molar-refractivity contribution in [1.82, 2.24) is 0 Å². The van der Waals surface area contributed by atoms with E-state index in [4.69, 9.17) is 9.79 Å². The zero-order chi connectivity index (χ0) is 5.21. The van der Waals surface area contributed by atoms with Crippen molar-refractivity contribution in [2.45, 2.75) is 0 Å². The minimum atomic E-state index is -4.08. The second-order valence-electron chi connectivity index (χ2n) is 0.673. The third-order valence-corrected chi connectivity index (χ3v) is 2.14. The Morgan fingerprint density at radius 1 is 1.62 bits per heavy atom. The molecule has 0 unspecified atom stereocenters. The van der Waals surface area contributed by atoms with E-state index in [0.717, 1.165) is 0 Å². The molecular formula is H9AlGeLiO4P. The number of hydrogen-bond donors (Lipinski definition) is 2. The molecule has 0 rings (SSSR count). The molecular weight excluding hydrogens is 202 g/mol. The first kappa shape index (κ1) is 16.4. The summed E-state index contributed by atoms with van der Waals surface area (Å²) in [6.45, 7) is 0. The predicted octanol–water partition coefficient (Wildman–Crippen LogP) is -5.69. The van der Waals surface area contributed by atoms with Gasteiger partial charge in [-0.15, -0.1) is 0 Å². The van der Waals surface area contributed by atoms with E-state index in [-0.39, 0.29) is 54.5 Å². The van der Waals surface area contributed by atoms with Gasteiger partial charge in [-0.2, -0.15) is 0 Å². The van der Waals surface area contributed by atoms with Crippen LogP contribution in [-0.2, 0) is 8.14 Å². The van der Waals surface area contributed by atoms with Crippen LogP contribution in [0.15, 0.2) is 0 Å². The van der Waals surface area contributed by atoms with E-state index >= 15 is 0 Å². The fraction of sp³-hybridized carbons (Fsp3) is 0. The van der Waals surface area contributed by atoms with Gasteiger partial charge in [-0.25, -0.2) is 4.57 Å². The van der Waals surface area contributed by atoms with Gasteiger partial charge in [0.1, 0.15) is 0 Å². The Labute approximate surface area is 80.0 Å². The Morgan fingerprint density at radius 3 is 1.75 bits per heavy atom. The molecule has 0 atom stereocenters. The molecule has 46 valence electrons. The van der Waals surface area contributed by atoms with Crippen molar-refractivity contribution in [3.05, 3.63) is 0 Å². The van der Waals surface area contributed by atoms with Crippen molar-refractivity contribution >= 4 is 42.0 Å². The van der Waals surface area contributed by atoms with Crippen LogP contribution in [-0.4, -0.2) is 44.0 Å².